The minimum atomic E-state index is -0.350. The number of piperidine rings is 1. The molecule has 0 aromatic heterocycles. The summed E-state index contributed by atoms with van der Waals surface area (Å²) < 4.78 is 30.3. The second-order valence-electron chi connectivity index (χ2n) is 10.1. The molecule has 0 aliphatic carbocycles. The second-order valence-corrected chi connectivity index (χ2v) is 10.1. The zero-order chi connectivity index (χ0) is 26.3. The van der Waals surface area contributed by atoms with Crippen LogP contribution in [0.3, 0.4) is 0 Å². The molecular weight excluding hydrogens is 473 g/mol. The number of hydrogen-bond acceptors (Lipinski definition) is 5. The molecular formula is C29H36FN3O4. The average Bonchev–Trinajstić information content (AvgIpc) is 3.01. The lowest BCUT2D eigenvalue weighted by atomic mass is 9.82. The first kappa shape index (κ1) is 25.4. The van der Waals surface area contributed by atoms with E-state index in [1.807, 2.05) is 23.1 Å². The summed E-state index contributed by atoms with van der Waals surface area (Å²) in [6.45, 7) is 7.79. The van der Waals surface area contributed by atoms with E-state index >= 15 is 0 Å². The van der Waals surface area contributed by atoms with Gasteiger partial charge in [-0.2, -0.15) is 0 Å². The molecule has 0 saturated carbocycles. The Morgan fingerprint density at radius 2 is 1.76 bits per heavy atom. The van der Waals surface area contributed by atoms with Gasteiger partial charge in [-0.05, 0) is 49.1 Å². The van der Waals surface area contributed by atoms with Crippen LogP contribution in [-0.4, -0.2) is 67.2 Å². The number of hydrogen-bond donors (Lipinski definition) is 0. The van der Waals surface area contributed by atoms with Crippen molar-refractivity contribution < 1.29 is 23.4 Å². The van der Waals surface area contributed by atoms with E-state index in [1.54, 1.807) is 20.3 Å². The number of carbonyl (C=O) groups excluding carboxylic acids is 1. The summed E-state index contributed by atoms with van der Waals surface area (Å²) in [6, 6.07) is 9.06. The number of fused-ring (bicyclic) bond motifs is 3. The molecule has 1 atom stereocenters. The Morgan fingerprint density at radius 3 is 2.41 bits per heavy atom. The summed E-state index contributed by atoms with van der Waals surface area (Å²) in [5, 5.41) is 0. The SMILES string of the molecule is CCN1C(=O)N2Cc3cc(OC)cc(OC)c3[C@@H](C)C=C2C12CCN(Cc1ccc(F)c(OC)c1)CC2. The van der Waals surface area contributed by atoms with Crippen LogP contribution in [0.25, 0.3) is 0 Å². The maximum absolute atomic E-state index is 13.9. The van der Waals surface area contributed by atoms with Gasteiger partial charge in [-0.1, -0.05) is 19.1 Å². The molecule has 2 aromatic rings. The molecule has 1 spiro atoms. The van der Waals surface area contributed by atoms with Crippen molar-refractivity contribution in [2.24, 2.45) is 0 Å². The van der Waals surface area contributed by atoms with E-state index in [-0.39, 0.29) is 29.1 Å². The van der Waals surface area contributed by atoms with Crippen molar-refractivity contribution in [2.45, 2.75) is 51.2 Å². The third-order valence-corrected chi connectivity index (χ3v) is 8.22. The molecule has 2 aromatic carbocycles. The monoisotopic (exact) mass is 509 g/mol. The van der Waals surface area contributed by atoms with E-state index in [1.165, 1.54) is 13.2 Å². The number of nitrogens with zero attached hydrogens (tertiary/aromatic N) is 3. The minimum absolute atomic E-state index is 0.0623. The number of benzene rings is 2. The highest BCUT2D eigenvalue weighted by atomic mass is 19.1. The summed E-state index contributed by atoms with van der Waals surface area (Å²) in [4.78, 5) is 20.2. The number of urea groups is 1. The van der Waals surface area contributed by atoms with Crippen LogP contribution in [0, 0.1) is 5.82 Å². The van der Waals surface area contributed by atoms with Crippen LogP contribution in [-0.2, 0) is 13.1 Å². The van der Waals surface area contributed by atoms with Crippen LogP contribution >= 0.6 is 0 Å². The molecule has 3 aliphatic rings. The number of likely N-dealkylation sites (tertiary alicyclic amines) is 1. The molecule has 0 radical (unpaired) electrons. The Bertz CT molecular complexity index is 1220. The lowest BCUT2D eigenvalue weighted by Crippen LogP contribution is -2.53. The predicted molar refractivity (Wildman–Crippen MR) is 140 cm³/mol. The summed E-state index contributed by atoms with van der Waals surface area (Å²) in [6.07, 6.45) is 3.96. The van der Waals surface area contributed by atoms with E-state index in [9.17, 15) is 9.18 Å². The van der Waals surface area contributed by atoms with Crippen molar-refractivity contribution in [1.82, 2.24) is 14.7 Å². The third kappa shape index (κ3) is 4.21. The Labute approximate surface area is 218 Å². The third-order valence-electron chi connectivity index (χ3n) is 8.22. The largest absolute Gasteiger partial charge is 0.497 e. The van der Waals surface area contributed by atoms with Gasteiger partial charge in [0.15, 0.2) is 11.6 Å². The van der Waals surface area contributed by atoms with E-state index < -0.39 is 0 Å². The van der Waals surface area contributed by atoms with E-state index in [0.717, 1.165) is 59.8 Å². The zero-order valence-electron chi connectivity index (χ0n) is 22.3. The van der Waals surface area contributed by atoms with Crippen LogP contribution in [0.2, 0.25) is 0 Å². The number of carbonyl (C=O) groups is 1. The van der Waals surface area contributed by atoms with Crippen LogP contribution in [0.1, 0.15) is 49.3 Å². The van der Waals surface area contributed by atoms with Gasteiger partial charge in [0.2, 0.25) is 0 Å². The fraction of sp³-hybridized carbons (Fsp3) is 0.483. The number of methoxy groups -OCH3 is 3. The summed E-state index contributed by atoms with van der Waals surface area (Å²) in [7, 11) is 4.81. The van der Waals surface area contributed by atoms with Gasteiger partial charge in [-0.25, -0.2) is 9.18 Å². The molecule has 8 heteroatoms. The molecule has 3 heterocycles. The van der Waals surface area contributed by atoms with Gasteiger partial charge < -0.3 is 19.1 Å². The van der Waals surface area contributed by atoms with Gasteiger partial charge in [-0.15, -0.1) is 0 Å². The zero-order valence-corrected chi connectivity index (χ0v) is 22.3. The number of allylic oxidation sites excluding steroid dienone is 1. The molecule has 5 rings (SSSR count). The molecule has 7 nitrogen and oxygen atoms in total. The first-order valence-corrected chi connectivity index (χ1v) is 13.0. The molecule has 37 heavy (non-hydrogen) atoms. The first-order chi connectivity index (χ1) is 17.8. The Balaban J connectivity index is 1.44. The smallest absolute Gasteiger partial charge is 0.325 e. The molecule has 0 unspecified atom stereocenters. The quantitative estimate of drug-likeness (QED) is 0.540. The molecule has 198 valence electrons. The summed E-state index contributed by atoms with van der Waals surface area (Å²) in [5.41, 5.74) is 3.95. The highest BCUT2D eigenvalue weighted by Crippen LogP contribution is 2.49. The lowest BCUT2D eigenvalue weighted by Gasteiger charge is -2.44. The number of likely N-dealkylation sites (N-methyl/N-ethyl adjacent to an activating group) is 1. The van der Waals surface area contributed by atoms with E-state index in [0.29, 0.717) is 19.6 Å². The molecule has 2 saturated heterocycles. The average molecular weight is 510 g/mol. The summed E-state index contributed by atoms with van der Waals surface area (Å²) >= 11 is 0. The number of rotatable bonds is 6. The van der Waals surface area contributed by atoms with E-state index in [2.05, 4.69) is 29.7 Å². The van der Waals surface area contributed by atoms with Crippen LogP contribution in [0.15, 0.2) is 42.1 Å². The number of halogens is 1. The Hall–Kier alpha value is -3.26. The van der Waals surface area contributed by atoms with Crippen molar-refractivity contribution in [3.05, 3.63) is 64.6 Å². The topological polar surface area (TPSA) is 54.5 Å². The van der Waals surface area contributed by atoms with Gasteiger partial charge in [0.05, 0.1) is 33.4 Å². The van der Waals surface area contributed by atoms with Crippen LogP contribution < -0.4 is 14.2 Å². The van der Waals surface area contributed by atoms with Crippen molar-refractivity contribution in [3.8, 4) is 17.2 Å². The fourth-order valence-electron chi connectivity index (χ4n) is 6.41. The number of ether oxygens (including phenoxy) is 3. The van der Waals surface area contributed by atoms with E-state index in [4.69, 9.17) is 14.2 Å². The van der Waals surface area contributed by atoms with Gasteiger partial charge in [0.25, 0.3) is 0 Å². The summed E-state index contributed by atoms with van der Waals surface area (Å²) in [5.74, 6) is 1.52. The van der Waals surface area contributed by atoms with Gasteiger partial charge in [-0.3, -0.25) is 9.80 Å². The minimum Gasteiger partial charge on any atom is -0.497 e. The molecule has 2 amide bonds. The maximum atomic E-state index is 13.9. The first-order valence-electron chi connectivity index (χ1n) is 13.0. The molecule has 2 fully saturated rings. The Kier molecular flexibility index (Phi) is 6.79. The van der Waals surface area contributed by atoms with Gasteiger partial charge >= 0.3 is 6.03 Å². The fourth-order valence-corrected chi connectivity index (χ4v) is 6.41. The van der Waals surface area contributed by atoms with Crippen molar-refractivity contribution in [2.75, 3.05) is 41.0 Å². The number of amides is 2. The lowest BCUT2D eigenvalue weighted by molar-refractivity contribution is 0.0887. The van der Waals surface area contributed by atoms with Gasteiger partial charge in [0.1, 0.15) is 11.5 Å². The van der Waals surface area contributed by atoms with Gasteiger partial charge in [0, 0.05) is 49.4 Å². The molecule has 0 N–H and O–H groups in total. The normalized spacial score (nSPS) is 20.9. The second kappa shape index (κ2) is 9.89. The van der Waals surface area contributed by atoms with Crippen molar-refractivity contribution >= 4 is 6.03 Å². The molecule has 3 aliphatic heterocycles. The Morgan fingerprint density at radius 1 is 1.03 bits per heavy atom. The maximum Gasteiger partial charge on any atom is 0.325 e. The molecule has 0 bridgehead atoms. The van der Waals surface area contributed by atoms with Crippen molar-refractivity contribution in [3.63, 3.8) is 0 Å². The predicted octanol–water partition coefficient (Wildman–Crippen LogP) is 5.14. The van der Waals surface area contributed by atoms with Crippen molar-refractivity contribution in [1.29, 1.82) is 0 Å². The van der Waals surface area contributed by atoms with Crippen LogP contribution in [0.4, 0.5) is 9.18 Å². The van der Waals surface area contributed by atoms with Crippen LogP contribution in [0.5, 0.6) is 17.2 Å². The highest BCUT2D eigenvalue weighted by Gasteiger charge is 2.54. The standard InChI is InChI=1S/C29H36FN3O4/c1-6-33-28(34)32-18-21-15-22(35-3)16-25(37-5)27(21)19(2)13-26(32)29(33)9-11-31(12-10-29)17-20-7-8-23(30)24(14-20)36-4/h7-8,13-16,19H,6,9-12,17-18H2,1-5H3/t19-/m0/s1. The highest BCUT2D eigenvalue weighted by molar-refractivity contribution is 5.83.